The topological polar surface area (TPSA) is 82.2 Å². The number of aromatic nitrogens is 3. The average molecular weight is 318 g/mol. The van der Waals surface area contributed by atoms with Crippen LogP contribution >= 0.6 is 0 Å². The van der Waals surface area contributed by atoms with Crippen LogP contribution in [0, 0.1) is 0 Å². The normalized spacial score (nSPS) is 22.2. The molecule has 23 heavy (non-hydrogen) atoms. The Morgan fingerprint density at radius 1 is 1.57 bits per heavy atom. The lowest BCUT2D eigenvalue weighted by atomic mass is 10.0. The van der Waals surface area contributed by atoms with E-state index in [4.69, 9.17) is 9.26 Å². The highest BCUT2D eigenvalue weighted by Crippen LogP contribution is 2.29. The Balaban J connectivity index is 1.68. The van der Waals surface area contributed by atoms with E-state index in [1.807, 2.05) is 13.2 Å². The summed E-state index contributed by atoms with van der Waals surface area (Å²) in [5.41, 5.74) is 1.78. The molecule has 124 valence electrons. The van der Waals surface area contributed by atoms with Gasteiger partial charge < -0.3 is 14.6 Å². The fourth-order valence-electron chi connectivity index (χ4n) is 2.73. The summed E-state index contributed by atoms with van der Waals surface area (Å²) in [6, 6.07) is 1.63. The molecule has 7 heteroatoms. The van der Waals surface area contributed by atoms with E-state index in [-0.39, 0.29) is 29.7 Å². The van der Waals surface area contributed by atoms with E-state index in [0.29, 0.717) is 6.61 Å². The summed E-state index contributed by atoms with van der Waals surface area (Å²) in [6.45, 7) is 4.75. The number of aryl methyl sites for hydroxylation is 1. The quantitative estimate of drug-likeness (QED) is 0.913. The Morgan fingerprint density at radius 3 is 3.09 bits per heavy atom. The third-order valence-electron chi connectivity index (χ3n) is 4.33. The second-order valence-electron chi connectivity index (χ2n) is 6.03. The van der Waals surface area contributed by atoms with Gasteiger partial charge >= 0.3 is 0 Å². The SMILES string of the molecule is CCC(C)c1cc(C(=O)N[C@H]2CCO[C@@H]2c2cnn(C)c2)on1. The fraction of sp³-hybridized carbons (Fsp3) is 0.562. The van der Waals surface area contributed by atoms with E-state index in [1.165, 1.54) is 0 Å². The molecule has 2 aromatic heterocycles. The van der Waals surface area contributed by atoms with Gasteiger partial charge in [0.2, 0.25) is 5.76 Å². The molecule has 0 spiro atoms. The van der Waals surface area contributed by atoms with Crippen molar-refractivity contribution in [3.63, 3.8) is 0 Å². The first-order chi connectivity index (χ1) is 11.1. The van der Waals surface area contributed by atoms with Crippen LogP contribution in [0.5, 0.6) is 0 Å². The highest BCUT2D eigenvalue weighted by atomic mass is 16.5. The minimum Gasteiger partial charge on any atom is -0.371 e. The summed E-state index contributed by atoms with van der Waals surface area (Å²) in [6.07, 6.45) is 5.21. The van der Waals surface area contributed by atoms with Crippen LogP contribution < -0.4 is 5.32 Å². The number of nitrogens with one attached hydrogen (secondary N) is 1. The molecule has 1 aliphatic rings. The molecule has 1 saturated heterocycles. The van der Waals surface area contributed by atoms with Gasteiger partial charge in [0.1, 0.15) is 6.10 Å². The Kier molecular flexibility index (Phi) is 4.47. The molecule has 1 fully saturated rings. The lowest BCUT2D eigenvalue weighted by Gasteiger charge is -2.17. The van der Waals surface area contributed by atoms with Crippen molar-refractivity contribution < 1.29 is 14.1 Å². The minimum atomic E-state index is -0.253. The number of nitrogens with zero attached hydrogens (tertiary/aromatic N) is 3. The van der Waals surface area contributed by atoms with Gasteiger partial charge in [0, 0.05) is 37.4 Å². The molecule has 2 aromatic rings. The number of hydrogen-bond acceptors (Lipinski definition) is 5. The molecule has 3 heterocycles. The molecule has 0 radical (unpaired) electrons. The molecule has 1 aliphatic heterocycles. The van der Waals surface area contributed by atoms with Crippen LogP contribution in [0.1, 0.15) is 60.5 Å². The zero-order valence-corrected chi connectivity index (χ0v) is 13.7. The summed E-state index contributed by atoms with van der Waals surface area (Å²) in [7, 11) is 1.86. The van der Waals surface area contributed by atoms with Crippen molar-refractivity contribution in [2.24, 2.45) is 7.05 Å². The minimum absolute atomic E-state index is 0.0937. The van der Waals surface area contributed by atoms with Crippen molar-refractivity contribution >= 4 is 5.91 Å². The standard InChI is InChI=1S/C16H22N4O3/c1-4-10(2)13-7-14(23-19-13)16(21)18-12-5-6-22-15(12)11-8-17-20(3)9-11/h7-10,12,15H,4-6H2,1-3H3,(H,18,21)/t10?,12-,15+/m0/s1. The van der Waals surface area contributed by atoms with Gasteiger partial charge in [0.05, 0.1) is 17.9 Å². The van der Waals surface area contributed by atoms with Crippen molar-refractivity contribution in [2.45, 2.75) is 44.8 Å². The van der Waals surface area contributed by atoms with Crippen molar-refractivity contribution in [2.75, 3.05) is 6.61 Å². The number of carbonyl (C=O) groups is 1. The Bertz CT molecular complexity index is 678. The Labute approximate surface area is 135 Å². The van der Waals surface area contributed by atoms with Gasteiger partial charge in [-0.3, -0.25) is 9.48 Å². The molecule has 1 amide bonds. The highest BCUT2D eigenvalue weighted by Gasteiger charge is 2.32. The molecular formula is C16H22N4O3. The molecule has 0 aromatic carbocycles. The monoisotopic (exact) mass is 318 g/mol. The first-order valence-electron chi connectivity index (χ1n) is 7.96. The van der Waals surface area contributed by atoms with Crippen LogP contribution in [0.4, 0.5) is 0 Å². The largest absolute Gasteiger partial charge is 0.371 e. The maximum absolute atomic E-state index is 12.4. The molecule has 1 N–H and O–H groups in total. The molecule has 0 bridgehead atoms. The summed E-state index contributed by atoms with van der Waals surface area (Å²) in [4.78, 5) is 12.4. The van der Waals surface area contributed by atoms with Gasteiger partial charge in [0.25, 0.3) is 5.91 Å². The van der Waals surface area contributed by atoms with Gasteiger partial charge in [0.15, 0.2) is 0 Å². The summed E-state index contributed by atoms with van der Waals surface area (Å²) in [5, 5.41) is 11.1. The lowest BCUT2D eigenvalue weighted by Crippen LogP contribution is -2.36. The van der Waals surface area contributed by atoms with Crippen LogP contribution in [-0.4, -0.2) is 33.5 Å². The number of ether oxygens (including phenoxy) is 1. The van der Waals surface area contributed by atoms with E-state index in [2.05, 4.69) is 29.4 Å². The first-order valence-corrected chi connectivity index (χ1v) is 7.96. The molecule has 3 rings (SSSR count). The van der Waals surface area contributed by atoms with Crippen LogP contribution in [-0.2, 0) is 11.8 Å². The molecule has 1 unspecified atom stereocenters. The van der Waals surface area contributed by atoms with Crippen molar-refractivity contribution in [1.82, 2.24) is 20.3 Å². The van der Waals surface area contributed by atoms with Gasteiger partial charge in [-0.25, -0.2) is 0 Å². The number of hydrogen-bond donors (Lipinski definition) is 1. The van der Waals surface area contributed by atoms with Crippen LogP contribution in [0.25, 0.3) is 0 Å². The van der Waals surface area contributed by atoms with Crippen molar-refractivity contribution in [1.29, 1.82) is 0 Å². The van der Waals surface area contributed by atoms with E-state index in [9.17, 15) is 4.79 Å². The molecular weight excluding hydrogens is 296 g/mol. The van der Waals surface area contributed by atoms with Gasteiger partial charge in [-0.15, -0.1) is 0 Å². The molecule has 7 nitrogen and oxygen atoms in total. The fourth-order valence-corrected chi connectivity index (χ4v) is 2.73. The second kappa shape index (κ2) is 6.54. The zero-order valence-electron chi connectivity index (χ0n) is 13.7. The summed E-state index contributed by atoms with van der Waals surface area (Å²) < 4.78 is 12.7. The molecule has 0 saturated carbocycles. The van der Waals surface area contributed by atoms with E-state index in [1.54, 1.807) is 16.9 Å². The predicted octanol–water partition coefficient (Wildman–Crippen LogP) is 2.18. The van der Waals surface area contributed by atoms with Crippen LogP contribution in [0.2, 0.25) is 0 Å². The second-order valence-corrected chi connectivity index (χ2v) is 6.03. The number of rotatable bonds is 5. The summed E-state index contributed by atoms with van der Waals surface area (Å²) in [5.74, 6) is 0.270. The van der Waals surface area contributed by atoms with Crippen molar-refractivity contribution in [3.8, 4) is 0 Å². The van der Waals surface area contributed by atoms with Gasteiger partial charge in [-0.05, 0) is 12.8 Å². The first kappa shape index (κ1) is 15.7. The predicted molar refractivity (Wildman–Crippen MR) is 83.0 cm³/mol. The summed E-state index contributed by atoms with van der Waals surface area (Å²) >= 11 is 0. The average Bonchev–Trinajstić information content (AvgIpc) is 3.26. The lowest BCUT2D eigenvalue weighted by molar-refractivity contribution is 0.0794. The van der Waals surface area contributed by atoms with Crippen molar-refractivity contribution in [3.05, 3.63) is 35.5 Å². The number of carbonyl (C=O) groups excluding carboxylic acids is 1. The van der Waals surface area contributed by atoms with E-state index in [0.717, 1.165) is 24.1 Å². The third kappa shape index (κ3) is 3.29. The van der Waals surface area contributed by atoms with Gasteiger partial charge in [-0.2, -0.15) is 5.10 Å². The highest BCUT2D eigenvalue weighted by molar-refractivity contribution is 5.91. The third-order valence-corrected chi connectivity index (χ3v) is 4.33. The Hall–Kier alpha value is -2.15. The number of amides is 1. The van der Waals surface area contributed by atoms with Crippen LogP contribution in [0.3, 0.4) is 0 Å². The maximum Gasteiger partial charge on any atom is 0.290 e. The molecule has 0 aliphatic carbocycles. The van der Waals surface area contributed by atoms with Crippen LogP contribution in [0.15, 0.2) is 23.0 Å². The zero-order chi connectivity index (χ0) is 16.4. The van der Waals surface area contributed by atoms with Gasteiger partial charge in [-0.1, -0.05) is 19.0 Å². The smallest absolute Gasteiger partial charge is 0.290 e. The maximum atomic E-state index is 12.4. The Morgan fingerprint density at radius 2 is 2.39 bits per heavy atom. The molecule has 3 atom stereocenters. The van der Waals surface area contributed by atoms with E-state index < -0.39 is 0 Å². The van der Waals surface area contributed by atoms with E-state index >= 15 is 0 Å².